The van der Waals surface area contributed by atoms with Crippen molar-refractivity contribution in [1.29, 1.82) is 5.26 Å². The van der Waals surface area contributed by atoms with Crippen LogP contribution in [0.4, 0.5) is 5.69 Å². The topological polar surface area (TPSA) is 69.0 Å². The maximum absolute atomic E-state index is 12.1. The molecule has 21 heavy (non-hydrogen) atoms. The molecule has 112 valence electrons. The molecule has 0 aromatic carbocycles. The number of amides is 1. The summed E-state index contributed by atoms with van der Waals surface area (Å²) in [6.45, 7) is 7.51. The molecule has 1 saturated heterocycles. The van der Waals surface area contributed by atoms with Crippen LogP contribution in [-0.4, -0.2) is 30.0 Å². The van der Waals surface area contributed by atoms with Gasteiger partial charge >= 0.3 is 0 Å². The fraction of sp³-hybridized carbons (Fsp3) is 0.562. The molecule has 5 nitrogen and oxygen atoms in total. The highest BCUT2D eigenvalue weighted by molar-refractivity contribution is 5.81. The van der Waals surface area contributed by atoms with Crippen LogP contribution < -0.4 is 10.2 Å². The zero-order valence-electron chi connectivity index (χ0n) is 12.9. The van der Waals surface area contributed by atoms with E-state index >= 15 is 0 Å². The van der Waals surface area contributed by atoms with Gasteiger partial charge in [0.1, 0.15) is 11.8 Å². The van der Waals surface area contributed by atoms with Gasteiger partial charge in [-0.25, -0.2) is 4.98 Å². The van der Waals surface area contributed by atoms with Crippen LogP contribution in [0.15, 0.2) is 18.3 Å². The predicted octanol–water partition coefficient (Wildman–Crippen LogP) is 2.08. The van der Waals surface area contributed by atoms with Crippen LogP contribution in [0.5, 0.6) is 0 Å². The molecule has 1 aromatic rings. The smallest absolute Gasteiger partial charge is 0.225 e. The third-order valence-corrected chi connectivity index (χ3v) is 3.67. The van der Waals surface area contributed by atoms with E-state index in [-0.39, 0.29) is 17.4 Å². The van der Waals surface area contributed by atoms with E-state index in [9.17, 15) is 4.79 Å². The normalized spacial score (nSPS) is 19.0. The van der Waals surface area contributed by atoms with Gasteiger partial charge in [-0.1, -0.05) is 20.8 Å². The first-order valence-corrected chi connectivity index (χ1v) is 7.32. The van der Waals surface area contributed by atoms with Crippen molar-refractivity contribution in [2.75, 3.05) is 18.0 Å². The second kappa shape index (κ2) is 6.13. The summed E-state index contributed by atoms with van der Waals surface area (Å²) in [5, 5.41) is 11.9. The summed E-state index contributed by atoms with van der Waals surface area (Å²) in [6, 6.07) is 5.83. The van der Waals surface area contributed by atoms with Crippen molar-refractivity contribution in [3.8, 4) is 6.07 Å². The van der Waals surface area contributed by atoms with Crippen LogP contribution in [0, 0.1) is 16.7 Å². The zero-order chi connectivity index (χ0) is 15.5. The molecule has 0 spiro atoms. The average Bonchev–Trinajstić information content (AvgIpc) is 2.46. The Bertz CT molecular complexity index is 539. The molecule has 5 heteroatoms. The minimum absolute atomic E-state index is 0.0901. The third-order valence-electron chi connectivity index (χ3n) is 3.67. The van der Waals surface area contributed by atoms with Gasteiger partial charge in [0.25, 0.3) is 0 Å². The lowest BCUT2D eigenvalue weighted by molar-refractivity contribution is -0.129. The first-order chi connectivity index (χ1) is 9.90. The Morgan fingerprint density at radius 2 is 2.24 bits per heavy atom. The van der Waals surface area contributed by atoms with Crippen LogP contribution in [0.1, 0.15) is 39.3 Å². The van der Waals surface area contributed by atoms with Crippen molar-refractivity contribution < 1.29 is 4.79 Å². The number of anilines is 1. The Morgan fingerprint density at radius 1 is 1.48 bits per heavy atom. The molecular formula is C16H22N4O. The highest BCUT2D eigenvalue weighted by Crippen LogP contribution is 2.20. The number of piperidine rings is 1. The van der Waals surface area contributed by atoms with Gasteiger partial charge in [0.05, 0.1) is 11.9 Å². The molecule has 1 N–H and O–H groups in total. The highest BCUT2D eigenvalue weighted by atomic mass is 16.2. The fourth-order valence-electron chi connectivity index (χ4n) is 2.37. The summed E-state index contributed by atoms with van der Waals surface area (Å²) in [5.41, 5.74) is 1.07. The van der Waals surface area contributed by atoms with Crippen molar-refractivity contribution in [2.45, 2.75) is 39.7 Å². The number of rotatable bonds is 2. The van der Waals surface area contributed by atoms with Gasteiger partial charge in [0.2, 0.25) is 5.91 Å². The number of nitrogens with zero attached hydrogens (tertiary/aromatic N) is 3. The summed E-state index contributed by atoms with van der Waals surface area (Å²) in [6.07, 6.45) is 3.77. The van der Waals surface area contributed by atoms with Crippen molar-refractivity contribution >= 4 is 11.6 Å². The van der Waals surface area contributed by atoms with Gasteiger partial charge in [0.15, 0.2) is 0 Å². The van der Waals surface area contributed by atoms with Crippen LogP contribution in [0.3, 0.4) is 0 Å². The molecule has 1 amide bonds. The maximum atomic E-state index is 12.1. The summed E-state index contributed by atoms with van der Waals surface area (Å²) < 4.78 is 0. The number of nitriles is 1. The molecule has 2 rings (SSSR count). The van der Waals surface area contributed by atoms with Gasteiger partial charge in [0, 0.05) is 24.5 Å². The molecule has 0 saturated carbocycles. The van der Waals surface area contributed by atoms with E-state index in [4.69, 9.17) is 5.26 Å². The lowest BCUT2D eigenvalue weighted by Gasteiger charge is -2.35. The molecule has 0 radical (unpaired) electrons. The first-order valence-electron chi connectivity index (χ1n) is 7.32. The van der Waals surface area contributed by atoms with E-state index in [1.165, 1.54) is 0 Å². The lowest BCUT2D eigenvalue weighted by Crippen LogP contribution is -2.50. The summed E-state index contributed by atoms with van der Waals surface area (Å²) >= 11 is 0. The summed E-state index contributed by atoms with van der Waals surface area (Å²) in [4.78, 5) is 18.4. The largest absolute Gasteiger partial charge is 0.368 e. The maximum Gasteiger partial charge on any atom is 0.225 e. The molecular weight excluding hydrogens is 264 g/mol. The van der Waals surface area contributed by atoms with Gasteiger partial charge in [-0.2, -0.15) is 5.26 Å². The number of carbonyl (C=O) groups excluding carboxylic acids is 1. The van der Waals surface area contributed by atoms with Crippen molar-refractivity contribution in [3.63, 3.8) is 0 Å². The number of pyridine rings is 1. The monoisotopic (exact) mass is 286 g/mol. The molecule has 1 aliphatic rings. The second-order valence-corrected chi connectivity index (χ2v) is 6.52. The standard InChI is InChI=1S/C16H22N4O/c1-16(2,3)15(21)19-13-5-4-8-20(11-13)14-7-6-12(9-17)18-10-14/h6-7,10,13H,4-5,8,11H2,1-3H3,(H,19,21). The molecule has 1 unspecified atom stereocenters. The van der Waals surface area contributed by atoms with Crippen LogP contribution in [0.2, 0.25) is 0 Å². The average molecular weight is 286 g/mol. The Hall–Kier alpha value is -2.09. The van der Waals surface area contributed by atoms with E-state index in [1.807, 2.05) is 32.9 Å². The Morgan fingerprint density at radius 3 is 2.81 bits per heavy atom. The molecule has 1 aromatic heterocycles. The number of carbonyl (C=O) groups is 1. The fourth-order valence-corrected chi connectivity index (χ4v) is 2.37. The van der Waals surface area contributed by atoms with Crippen molar-refractivity contribution in [3.05, 3.63) is 24.0 Å². The molecule has 1 fully saturated rings. The Balaban J connectivity index is 2.00. The molecule has 2 heterocycles. The number of nitrogens with one attached hydrogen (secondary N) is 1. The third kappa shape index (κ3) is 3.94. The number of hydrogen-bond acceptors (Lipinski definition) is 4. The lowest BCUT2D eigenvalue weighted by atomic mass is 9.94. The van der Waals surface area contributed by atoms with Gasteiger partial charge < -0.3 is 10.2 Å². The van der Waals surface area contributed by atoms with Gasteiger partial charge in [-0.15, -0.1) is 0 Å². The molecule has 1 aliphatic heterocycles. The highest BCUT2D eigenvalue weighted by Gasteiger charge is 2.27. The summed E-state index contributed by atoms with van der Waals surface area (Å²) in [5.74, 6) is 0.0901. The second-order valence-electron chi connectivity index (χ2n) is 6.52. The van der Waals surface area contributed by atoms with E-state index in [1.54, 1.807) is 12.3 Å². The number of hydrogen-bond donors (Lipinski definition) is 1. The van der Waals surface area contributed by atoms with Crippen LogP contribution >= 0.6 is 0 Å². The van der Waals surface area contributed by atoms with Crippen molar-refractivity contribution in [2.24, 2.45) is 5.41 Å². The van der Waals surface area contributed by atoms with E-state index in [0.29, 0.717) is 5.69 Å². The first kappa shape index (κ1) is 15.3. The summed E-state index contributed by atoms with van der Waals surface area (Å²) in [7, 11) is 0. The zero-order valence-corrected chi connectivity index (χ0v) is 12.9. The SMILES string of the molecule is CC(C)(C)C(=O)NC1CCCN(c2ccc(C#N)nc2)C1. The Kier molecular flexibility index (Phi) is 4.46. The van der Waals surface area contributed by atoms with E-state index in [0.717, 1.165) is 31.6 Å². The predicted molar refractivity (Wildman–Crippen MR) is 81.8 cm³/mol. The minimum atomic E-state index is -0.363. The van der Waals surface area contributed by atoms with Gasteiger partial charge in [-0.3, -0.25) is 4.79 Å². The van der Waals surface area contributed by atoms with E-state index < -0.39 is 0 Å². The number of aromatic nitrogens is 1. The van der Waals surface area contributed by atoms with E-state index in [2.05, 4.69) is 15.2 Å². The minimum Gasteiger partial charge on any atom is -0.368 e. The van der Waals surface area contributed by atoms with Gasteiger partial charge in [-0.05, 0) is 25.0 Å². The Labute approximate surface area is 126 Å². The van der Waals surface area contributed by atoms with Crippen molar-refractivity contribution in [1.82, 2.24) is 10.3 Å². The van der Waals surface area contributed by atoms with Crippen LogP contribution in [0.25, 0.3) is 0 Å². The quantitative estimate of drug-likeness (QED) is 0.903. The van der Waals surface area contributed by atoms with Crippen LogP contribution in [-0.2, 0) is 4.79 Å². The molecule has 0 aliphatic carbocycles. The molecule has 0 bridgehead atoms. The molecule has 1 atom stereocenters.